The zero-order valence-electron chi connectivity index (χ0n) is 12.0. The standard InChI is InChI=1S/C14H27NO2S/c1-4-15-14(2,13(16)17-3)10-11-18-12-8-6-5-7-9-12/h12,15H,4-11H2,1-3H3. The molecule has 4 heteroatoms. The molecule has 1 rings (SSSR count). The van der Waals surface area contributed by atoms with Gasteiger partial charge in [0.15, 0.2) is 0 Å². The number of esters is 1. The van der Waals surface area contributed by atoms with Gasteiger partial charge in [-0.2, -0.15) is 11.8 Å². The van der Waals surface area contributed by atoms with Crippen molar-refractivity contribution in [3.8, 4) is 0 Å². The van der Waals surface area contributed by atoms with E-state index in [0.29, 0.717) is 0 Å². The van der Waals surface area contributed by atoms with Crippen LogP contribution in [0.25, 0.3) is 0 Å². The monoisotopic (exact) mass is 273 g/mol. The highest BCUT2D eigenvalue weighted by molar-refractivity contribution is 7.99. The summed E-state index contributed by atoms with van der Waals surface area (Å²) in [6.07, 6.45) is 7.68. The fourth-order valence-corrected chi connectivity index (χ4v) is 4.07. The third-order valence-electron chi connectivity index (χ3n) is 3.71. The number of carbonyl (C=O) groups excluding carboxylic acids is 1. The highest BCUT2D eigenvalue weighted by atomic mass is 32.2. The molecular weight excluding hydrogens is 246 g/mol. The summed E-state index contributed by atoms with van der Waals surface area (Å²) in [5.74, 6) is 0.886. The van der Waals surface area contributed by atoms with Gasteiger partial charge in [-0.15, -0.1) is 0 Å². The van der Waals surface area contributed by atoms with E-state index in [-0.39, 0.29) is 5.97 Å². The number of likely N-dealkylation sites (N-methyl/N-ethyl adjacent to an activating group) is 1. The molecule has 3 nitrogen and oxygen atoms in total. The summed E-state index contributed by atoms with van der Waals surface area (Å²) in [6, 6.07) is 0. The molecule has 0 aromatic carbocycles. The molecule has 0 heterocycles. The zero-order valence-corrected chi connectivity index (χ0v) is 12.8. The molecule has 0 amide bonds. The van der Waals surface area contributed by atoms with Gasteiger partial charge in [0, 0.05) is 5.25 Å². The number of carbonyl (C=O) groups is 1. The minimum absolute atomic E-state index is 0.145. The summed E-state index contributed by atoms with van der Waals surface area (Å²) in [5.41, 5.74) is -0.523. The van der Waals surface area contributed by atoms with Crippen LogP contribution in [0, 0.1) is 0 Å². The van der Waals surface area contributed by atoms with Gasteiger partial charge in [-0.05, 0) is 38.5 Å². The van der Waals surface area contributed by atoms with Gasteiger partial charge >= 0.3 is 5.97 Å². The maximum Gasteiger partial charge on any atom is 0.325 e. The molecule has 1 saturated carbocycles. The van der Waals surface area contributed by atoms with E-state index in [9.17, 15) is 4.79 Å². The second-order valence-corrected chi connectivity index (χ2v) is 6.64. The van der Waals surface area contributed by atoms with Crippen LogP contribution in [0.5, 0.6) is 0 Å². The van der Waals surface area contributed by atoms with E-state index in [1.54, 1.807) is 0 Å². The quantitative estimate of drug-likeness (QED) is 0.724. The van der Waals surface area contributed by atoms with Crippen LogP contribution in [0.15, 0.2) is 0 Å². The molecule has 0 spiro atoms. The first-order valence-corrected chi connectivity index (χ1v) is 8.12. The van der Waals surface area contributed by atoms with Crippen LogP contribution in [-0.4, -0.2) is 36.2 Å². The Balaban J connectivity index is 2.34. The van der Waals surface area contributed by atoms with Crippen molar-refractivity contribution in [2.75, 3.05) is 19.4 Å². The maximum absolute atomic E-state index is 11.8. The van der Waals surface area contributed by atoms with Crippen LogP contribution in [0.2, 0.25) is 0 Å². The Morgan fingerprint density at radius 3 is 2.61 bits per heavy atom. The minimum atomic E-state index is -0.523. The third-order valence-corrected chi connectivity index (χ3v) is 5.09. The maximum atomic E-state index is 11.8. The van der Waals surface area contributed by atoms with E-state index >= 15 is 0 Å². The van der Waals surface area contributed by atoms with Crippen molar-refractivity contribution in [3.63, 3.8) is 0 Å². The number of hydrogen-bond donors (Lipinski definition) is 1. The van der Waals surface area contributed by atoms with Crippen molar-refractivity contribution in [1.82, 2.24) is 5.32 Å². The second kappa shape index (κ2) is 8.05. The summed E-state index contributed by atoms with van der Waals surface area (Å²) in [6.45, 7) is 4.76. The average molecular weight is 273 g/mol. The lowest BCUT2D eigenvalue weighted by molar-refractivity contribution is -0.147. The molecule has 0 saturated heterocycles. The first-order valence-electron chi connectivity index (χ1n) is 7.07. The molecule has 106 valence electrons. The third kappa shape index (κ3) is 4.81. The van der Waals surface area contributed by atoms with Crippen molar-refractivity contribution in [3.05, 3.63) is 0 Å². The van der Waals surface area contributed by atoms with Crippen molar-refractivity contribution < 1.29 is 9.53 Å². The van der Waals surface area contributed by atoms with Gasteiger partial charge in [0.1, 0.15) is 5.54 Å². The Hall–Kier alpha value is -0.220. The van der Waals surface area contributed by atoms with Crippen molar-refractivity contribution in [2.45, 2.75) is 63.2 Å². The van der Waals surface area contributed by atoms with Gasteiger partial charge in [0.05, 0.1) is 7.11 Å². The van der Waals surface area contributed by atoms with E-state index in [2.05, 4.69) is 5.32 Å². The molecule has 1 aliphatic rings. The molecule has 0 aromatic heterocycles. The number of ether oxygens (including phenoxy) is 1. The Kier molecular flexibility index (Phi) is 7.08. The summed E-state index contributed by atoms with van der Waals surface area (Å²) in [5, 5.41) is 4.07. The van der Waals surface area contributed by atoms with Gasteiger partial charge in [-0.25, -0.2) is 0 Å². The smallest absolute Gasteiger partial charge is 0.325 e. The fourth-order valence-electron chi connectivity index (χ4n) is 2.54. The largest absolute Gasteiger partial charge is 0.468 e. The van der Waals surface area contributed by atoms with Gasteiger partial charge in [0.25, 0.3) is 0 Å². The lowest BCUT2D eigenvalue weighted by Crippen LogP contribution is -2.50. The van der Waals surface area contributed by atoms with Crippen LogP contribution in [-0.2, 0) is 9.53 Å². The van der Waals surface area contributed by atoms with Crippen LogP contribution in [0.3, 0.4) is 0 Å². The fraction of sp³-hybridized carbons (Fsp3) is 0.929. The van der Waals surface area contributed by atoms with Crippen molar-refractivity contribution in [1.29, 1.82) is 0 Å². The van der Waals surface area contributed by atoms with Crippen molar-refractivity contribution >= 4 is 17.7 Å². The average Bonchev–Trinajstić information content (AvgIpc) is 2.39. The first-order chi connectivity index (χ1) is 8.62. The predicted molar refractivity (Wildman–Crippen MR) is 78.0 cm³/mol. The Morgan fingerprint density at radius 1 is 1.39 bits per heavy atom. The second-order valence-electron chi connectivity index (χ2n) is 5.23. The van der Waals surface area contributed by atoms with Gasteiger partial charge in [-0.3, -0.25) is 4.79 Å². The minimum Gasteiger partial charge on any atom is -0.468 e. The van der Waals surface area contributed by atoms with Crippen LogP contribution < -0.4 is 5.32 Å². The van der Waals surface area contributed by atoms with E-state index in [1.165, 1.54) is 39.2 Å². The van der Waals surface area contributed by atoms with E-state index in [1.807, 2.05) is 25.6 Å². The lowest BCUT2D eigenvalue weighted by atomic mass is 9.99. The topological polar surface area (TPSA) is 38.3 Å². The molecule has 1 aliphatic carbocycles. The molecule has 18 heavy (non-hydrogen) atoms. The van der Waals surface area contributed by atoms with Gasteiger partial charge in [0.2, 0.25) is 0 Å². The Morgan fingerprint density at radius 2 is 2.06 bits per heavy atom. The highest BCUT2D eigenvalue weighted by Gasteiger charge is 2.33. The Labute approximate surface area is 115 Å². The van der Waals surface area contributed by atoms with E-state index in [4.69, 9.17) is 4.74 Å². The molecular formula is C14H27NO2S. The molecule has 1 unspecified atom stereocenters. The van der Waals surface area contributed by atoms with Crippen LogP contribution in [0.4, 0.5) is 0 Å². The summed E-state index contributed by atoms with van der Waals surface area (Å²) in [4.78, 5) is 11.8. The SMILES string of the molecule is CCNC(C)(CCSC1CCCCC1)C(=O)OC. The number of thioether (sulfide) groups is 1. The van der Waals surface area contributed by atoms with Crippen molar-refractivity contribution in [2.24, 2.45) is 0 Å². The number of hydrogen-bond acceptors (Lipinski definition) is 4. The number of nitrogens with one attached hydrogen (secondary N) is 1. The van der Waals surface area contributed by atoms with E-state index < -0.39 is 5.54 Å². The summed E-state index contributed by atoms with van der Waals surface area (Å²) in [7, 11) is 1.46. The molecule has 0 radical (unpaired) electrons. The summed E-state index contributed by atoms with van der Waals surface area (Å²) < 4.78 is 4.90. The molecule has 1 fully saturated rings. The van der Waals surface area contributed by atoms with Gasteiger partial charge < -0.3 is 10.1 Å². The zero-order chi connectivity index (χ0) is 13.4. The Bertz CT molecular complexity index is 254. The number of methoxy groups -OCH3 is 1. The van der Waals surface area contributed by atoms with E-state index in [0.717, 1.165) is 24.0 Å². The summed E-state index contributed by atoms with van der Waals surface area (Å²) >= 11 is 2.03. The molecule has 1 atom stereocenters. The molecule has 0 bridgehead atoms. The molecule has 0 aliphatic heterocycles. The van der Waals surface area contributed by atoms with Crippen LogP contribution in [0.1, 0.15) is 52.4 Å². The van der Waals surface area contributed by atoms with Gasteiger partial charge in [-0.1, -0.05) is 26.2 Å². The highest BCUT2D eigenvalue weighted by Crippen LogP contribution is 2.29. The predicted octanol–water partition coefficient (Wildman–Crippen LogP) is 2.98. The first kappa shape index (κ1) is 15.8. The number of rotatable bonds is 7. The normalized spacial score (nSPS) is 20.4. The van der Waals surface area contributed by atoms with Crippen LogP contribution >= 0.6 is 11.8 Å². The lowest BCUT2D eigenvalue weighted by Gasteiger charge is -2.28. The molecule has 1 N–H and O–H groups in total. The molecule has 0 aromatic rings.